The summed E-state index contributed by atoms with van der Waals surface area (Å²) in [4.78, 5) is 66.0. The molecule has 12 heteroatoms. The Kier molecular flexibility index (Phi) is 8.04. The summed E-state index contributed by atoms with van der Waals surface area (Å²) in [6, 6.07) is 24.0. The Balaban J connectivity index is 1.59. The number of alkyl halides is 1. The minimum Gasteiger partial charge on any atom is -0.456 e. The number of benzene rings is 3. The van der Waals surface area contributed by atoms with E-state index in [0.29, 0.717) is 0 Å². The van der Waals surface area contributed by atoms with Crippen molar-refractivity contribution >= 4 is 17.9 Å². The van der Waals surface area contributed by atoms with E-state index in [2.05, 4.69) is 0 Å². The molecule has 0 bridgehead atoms. The Morgan fingerprint density at radius 3 is 1.86 bits per heavy atom. The Morgan fingerprint density at radius 1 is 0.814 bits per heavy atom. The highest BCUT2D eigenvalue weighted by Crippen LogP contribution is 2.49. The molecule has 0 amide bonds. The largest absolute Gasteiger partial charge is 0.456 e. The minimum absolute atomic E-state index is 0.0347. The highest BCUT2D eigenvalue weighted by Gasteiger charge is 2.69. The molecule has 2 heterocycles. The van der Waals surface area contributed by atoms with E-state index >= 15 is 4.39 Å². The van der Waals surface area contributed by atoms with Crippen LogP contribution in [0, 0.1) is 0 Å². The lowest BCUT2D eigenvalue weighted by molar-refractivity contribution is -0.208. The zero-order chi connectivity index (χ0) is 30.6. The molecular weight excluding hydrogens is 563 g/mol. The van der Waals surface area contributed by atoms with E-state index in [4.69, 9.17) is 18.9 Å². The number of carbonyl (C=O) groups is 3. The Hall–Kier alpha value is -5.36. The van der Waals surface area contributed by atoms with Crippen molar-refractivity contribution in [3.8, 4) is 0 Å². The molecule has 0 radical (unpaired) electrons. The number of aromatic nitrogens is 2. The van der Waals surface area contributed by atoms with Crippen LogP contribution in [0.15, 0.2) is 113 Å². The average molecular weight is 589 g/mol. The first-order chi connectivity index (χ1) is 20.6. The fourth-order valence-electron chi connectivity index (χ4n) is 4.69. The molecule has 1 aliphatic heterocycles. The van der Waals surface area contributed by atoms with Crippen LogP contribution < -0.4 is 11.2 Å². The average Bonchev–Trinajstić information content (AvgIpc) is 3.23. The van der Waals surface area contributed by atoms with E-state index < -0.39 is 59.6 Å². The summed E-state index contributed by atoms with van der Waals surface area (Å²) in [5.41, 5.74) is -3.83. The van der Waals surface area contributed by atoms with Gasteiger partial charge in [0.25, 0.3) is 11.4 Å². The number of H-pyrrole nitrogens is 1. The normalized spacial score (nSPS) is 22.8. The van der Waals surface area contributed by atoms with E-state index in [-0.39, 0.29) is 16.7 Å². The molecule has 3 aromatic carbocycles. The molecule has 43 heavy (non-hydrogen) atoms. The molecule has 4 atom stereocenters. The second-order valence-corrected chi connectivity index (χ2v) is 9.81. The number of nitrogens with zero attached hydrogens (tertiary/aromatic N) is 1. The van der Waals surface area contributed by atoms with Crippen LogP contribution in [-0.4, -0.2) is 51.6 Å². The summed E-state index contributed by atoms with van der Waals surface area (Å²) >= 11 is 0. The van der Waals surface area contributed by atoms with Crippen LogP contribution in [-0.2, 0) is 18.9 Å². The molecule has 4 aromatic rings. The molecule has 1 aliphatic rings. The van der Waals surface area contributed by atoms with Gasteiger partial charge in [0, 0.05) is 12.3 Å². The van der Waals surface area contributed by atoms with Crippen molar-refractivity contribution in [3.05, 3.63) is 141 Å². The van der Waals surface area contributed by atoms with Crippen molar-refractivity contribution in [1.29, 1.82) is 0 Å². The van der Waals surface area contributed by atoms with Gasteiger partial charge >= 0.3 is 23.6 Å². The number of esters is 3. The van der Waals surface area contributed by atoms with Crippen LogP contribution in [0.4, 0.5) is 4.39 Å². The first kappa shape index (κ1) is 29.1. The highest BCUT2D eigenvalue weighted by atomic mass is 19.2. The number of hydrogen-bond acceptors (Lipinski definition) is 9. The summed E-state index contributed by atoms with van der Waals surface area (Å²) in [5, 5.41) is 0. The number of halogens is 1. The van der Waals surface area contributed by atoms with E-state index in [0.717, 1.165) is 16.8 Å². The van der Waals surface area contributed by atoms with Gasteiger partial charge in [0.2, 0.25) is 6.10 Å². The van der Waals surface area contributed by atoms with Crippen LogP contribution >= 0.6 is 0 Å². The fourth-order valence-corrected chi connectivity index (χ4v) is 4.69. The molecule has 220 valence electrons. The highest BCUT2D eigenvalue weighted by molar-refractivity contribution is 5.91. The van der Waals surface area contributed by atoms with E-state index in [9.17, 15) is 24.0 Å². The molecular formula is C31H25FN2O9. The molecule has 0 spiro atoms. The van der Waals surface area contributed by atoms with Crippen molar-refractivity contribution in [3.63, 3.8) is 0 Å². The lowest BCUT2D eigenvalue weighted by Gasteiger charge is -2.35. The van der Waals surface area contributed by atoms with Crippen molar-refractivity contribution in [1.82, 2.24) is 9.55 Å². The van der Waals surface area contributed by atoms with Gasteiger partial charge in [0.1, 0.15) is 0 Å². The third-order valence-electron chi connectivity index (χ3n) is 6.78. The third kappa shape index (κ3) is 5.99. The number of ether oxygens (including phenoxy) is 4. The number of hydrogen-bond donors (Lipinski definition) is 1. The quantitative estimate of drug-likeness (QED) is 0.242. The smallest absolute Gasteiger partial charge is 0.338 e. The summed E-state index contributed by atoms with van der Waals surface area (Å²) < 4.78 is 40.2. The van der Waals surface area contributed by atoms with Crippen molar-refractivity contribution in [2.45, 2.75) is 30.7 Å². The maximum Gasteiger partial charge on any atom is 0.338 e. The van der Waals surface area contributed by atoms with Gasteiger partial charge in [-0.05, 0) is 43.3 Å². The van der Waals surface area contributed by atoms with Crippen LogP contribution in [0.3, 0.4) is 0 Å². The standard InChI is InChI=1S/C31H25FN2O9/c1-30(42-26(38)22-15-9-4-10-16-22)27(41-25(37)21-13-7-3-8-14-21)31(32,19-40-24(36)20-11-5-2-6-12-20)43-28(30)34-18-17-23(35)33-29(34)39/h2-18,27-28H,19H2,1H3,(H,33,35,39). The van der Waals surface area contributed by atoms with Gasteiger partial charge in [0.15, 0.2) is 18.4 Å². The van der Waals surface area contributed by atoms with Crippen LogP contribution in [0.25, 0.3) is 0 Å². The number of nitrogens with one attached hydrogen (secondary N) is 1. The van der Waals surface area contributed by atoms with Crippen LogP contribution in [0.1, 0.15) is 44.2 Å². The lowest BCUT2D eigenvalue weighted by Crippen LogP contribution is -2.55. The van der Waals surface area contributed by atoms with E-state index in [1.807, 2.05) is 4.98 Å². The fraction of sp³-hybridized carbons (Fsp3) is 0.194. The zero-order valence-corrected chi connectivity index (χ0v) is 22.7. The molecule has 4 unspecified atom stereocenters. The second kappa shape index (κ2) is 11.9. The maximum absolute atomic E-state index is 17.1. The van der Waals surface area contributed by atoms with Gasteiger partial charge in [-0.15, -0.1) is 0 Å². The van der Waals surface area contributed by atoms with Crippen molar-refractivity contribution in [2.75, 3.05) is 6.61 Å². The molecule has 0 aliphatic carbocycles. The van der Waals surface area contributed by atoms with Gasteiger partial charge < -0.3 is 18.9 Å². The van der Waals surface area contributed by atoms with Gasteiger partial charge in [-0.1, -0.05) is 54.6 Å². The van der Waals surface area contributed by atoms with Crippen LogP contribution in [0.2, 0.25) is 0 Å². The third-order valence-corrected chi connectivity index (χ3v) is 6.78. The van der Waals surface area contributed by atoms with Crippen molar-refractivity contribution in [2.24, 2.45) is 0 Å². The summed E-state index contributed by atoms with van der Waals surface area (Å²) in [6.07, 6.45) is -2.88. The lowest BCUT2D eigenvalue weighted by atomic mass is 9.94. The first-order valence-corrected chi connectivity index (χ1v) is 13.1. The molecule has 1 aromatic heterocycles. The predicted octanol–water partition coefficient (Wildman–Crippen LogP) is 3.43. The summed E-state index contributed by atoms with van der Waals surface area (Å²) in [7, 11) is 0. The second-order valence-electron chi connectivity index (χ2n) is 9.81. The van der Waals surface area contributed by atoms with Gasteiger partial charge in [0.05, 0.1) is 16.7 Å². The SMILES string of the molecule is CC1(OC(=O)c2ccccc2)C(n2ccc(=O)[nH]c2=O)OC(F)(COC(=O)c2ccccc2)C1OC(=O)c1ccccc1. The topological polar surface area (TPSA) is 143 Å². The number of carbonyl (C=O) groups excluding carboxylic acids is 3. The molecule has 0 saturated carbocycles. The molecule has 5 rings (SSSR count). The minimum atomic E-state index is -3.15. The molecule has 1 N–H and O–H groups in total. The Labute approximate surface area is 243 Å². The maximum atomic E-state index is 17.1. The Morgan fingerprint density at radius 2 is 1.33 bits per heavy atom. The van der Waals surface area contributed by atoms with Crippen LogP contribution in [0.5, 0.6) is 0 Å². The number of aromatic amines is 1. The molecule has 11 nitrogen and oxygen atoms in total. The monoisotopic (exact) mass is 588 g/mol. The van der Waals surface area contributed by atoms with E-state index in [1.54, 1.807) is 54.6 Å². The Bertz CT molecular complexity index is 1740. The van der Waals surface area contributed by atoms with Gasteiger partial charge in [-0.25, -0.2) is 23.6 Å². The molecule has 1 fully saturated rings. The van der Waals surface area contributed by atoms with Gasteiger partial charge in [-0.2, -0.15) is 0 Å². The number of rotatable bonds is 8. The van der Waals surface area contributed by atoms with Gasteiger partial charge in [-0.3, -0.25) is 14.3 Å². The predicted molar refractivity (Wildman–Crippen MR) is 148 cm³/mol. The van der Waals surface area contributed by atoms with Crippen molar-refractivity contribution < 1.29 is 37.7 Å². The summed E-state index contributed by atoms with van der Waals surface area (Å²) in [6.45, 7) is 0.0832. The molecule has 1 saturated heterocycles. The van der Waals surface area contributed by atoms with E-state index in [1.165, 1.54) is 43.3 Å². The summed E-state index contributed by atoms with van der Waals surface area (Å²) in [5.74, 6) is -6.04. The zero-order valence-electron chi connectivity index (χ0n) is 22.7. The first-order valence-electron chi connectivity index (χ1n) is 13.1.